The lowest BCUT2D eigenvalue weighted by Crippen LogP contribution is -2.22. The van der Waals surface area contributed by atoms with E-state index in [-0.39, 0.29) is 0 Å². The first-order chi connectivity index (χ1) is 8.49. The van der Waals surface area contributed by atoms with Crippen LogP contribution in [0.4, 0.5) is 0 Å². The molecule has 0 fully saturated rings. The van der Waals surface area contributed by atoms with Crippen molar-refractivity contribution < 1.29 is 0 Å². The molecular formula is C15H24ClNS. The van der Waals surface area contributed by atoms with Gasteiger partial charge >= 0.3 is 0 Å². The smallest absolute Gasteiger partial charge is 0.0417 e. The minimum atomic E-state index is 0.509. The molecule has 0 saturated heterocycles. The third kappa shape index (κ3) is 6.12. The van der Waals surface area contributed by atoms with Crippen LogP contribution in [0.1, 0.15) is 39.7 Å². The van der Waals surface area contributed by atoms with Gasteiger partial charge in [-0.15, -0.1) is 11.8 Å². The number of hydrogen-bond acceptors (Lipinski definition) is 2. The molecule has 0 aliphatic rings. The summed E-state index contributed by atoms with van der Waals surface area (Å²) in [7, 11) is 0. The predicted molar refractivity (Wildman–Crippen MR) is 83.6 cm³/mol. The molecule has 0 spiro atoms. The second-order valence-electron chi connectivity index (χ2n) is 5.32. The van der Waals surface area contributed by atoms with E-state index in [0.717, 1.165) is 23.2 Å². The fourth-order valence-electron chi connectivity index (χ4n) is 1.53. The second-order valence-corrected chi connectivity index (χ2v) is 6.89. The lowest BCUT2D eigenvalue weighted by molar-refractivity contribution is 0.584. The van der Waals surface area contributed by atoms with Crippen LogP contribution in [0.3, 0.4) is 0 Å². The molecule has 0 unspecified atom stereocenters. The standard InChI is InChI=1S/C15H24ClNS/c1-11(2)7-8-18-15-9-14(16)6-5-13(15)10-17-12(3)4/h5-6,9,11-12,17H,7-8,10H2,1-4H3. The maximum absolute atomic E-state index is 6.09. The van der Waals surface area contributed by atoms with Crippen LogP contribution < -0.4 is 5.32 Å². The van der Waals surface area contributed by atoms with Crippen LogP contribution in [0.5, 0.6) is 0 Å². The maximum Gasteiger partial charge on any atom is 0.0417 e. The van der Waals surface area contributed by atoms with Gasteiger partial charge in [-0.25, -0.2) is 0 Å². The van der Waals surface area contributed by atoms with Gasteiger partial charge in [-0.3, -0.25) is 0 Å². The minimum absolute atomic E-state index is 0.509. The van der Waals surface area contributed by atoms with Crippen molar-refractivity contribution in [2.45, 2.75) is 51.6 Å². The van der Waals surface area contributed by atoms with E-state index in [2.05, 4.69) is 45.1 Å². The summed E-state index contributed by atoms with van der Waals surface area (Å²) in [5, 5.41) is 4.29. The van der Waals surface area contributed by atoms with E-state index < -0.39 is 0 Å². The highest BCUT2D eigenvalue weighted by atomic mass is 35.5. The number of halogens is 1. The van der Waals surface area contributed by atoms with Crippen molar-refractivity contribution in [2.75, 3.05) is 5.75 Å². The van der Waals surface area contributed by atoms with Crippen molar-refractivity contribution in [1.29, 1.82) is 0 Å². The van der Waals surface area contributed by atoms with Crippen molar-refractivity contribution in [2.24, 2.45) is 5.92 Å². The Bertz CT molecular complexity index is 364. The molecule has 1 nitrogen and oxygen atoms in total. The van der Waals surface area contributed by atoms with Crippen LogP contribution in [0.2, 0.25) is 5.02 Å². The zero-order valence-corrected chi connectivity index (χ0v) is 13.4. The third-order valence-corrected chi connectivity index (χ3v) is 4.05. The van der Waals surface area contributed by atoms with Crippen LogP contribution in [0.15, 0.2) is 23.1 Å². The van der Waals surface area contributed by atoms with Gasteiger partial charge < -0.3 is 5.32 Å². The van der Waals surface area contributed by atoms with E-state index in [9.17, 15) is 0 Å². The number of thioether (sulfide) groups is 1. The quantitative estimate of drug-likeness (QED) is 0.710. The first-order valence-corrected chi connectivity index (χ1v) is 8.00. The monoisotopic (exact) mass is 285 g/mol. The van der Waals surface area contributed by atoms with Gasteiger partial charge in [-0.1, -0.05) is 45.4 Å². The van der Waals surface area contributed by atoms with Gasteiger partial charge in [0.05, 0.1) is 0 Å². The average molecular weight is 286 g/mol. The van der Waals surface area contributed by atoms with Crippen molar-refractivity contribution >= 4 is 23.4 Å². The molecule has 0 bridgehead atoms. The molecule has 0 amide bonds. The van der Waals surface area contributed by atoms with E-state index in [0.29, 0.717) is 6.04 Å². The van der Waals surface area contributed by atoms with Crippen molar-refractivity contribution in [1.82, 2.24) is 5.32 Å². The average Bonchev–Trinajstić information content (AvgIpc) is 2.27. The Kier molecular flexibility index (Phi) is 7.13. The van der Waals surface area contributed by atoms with Gasteiger partial charge in [0.1, 0.15) is 0 Å². The van der Waals surface area contributed by atoms with Gasteiger partial charge in [-0.05, 0) is 35.8 Å². The molecule has 0 atom stereocenters. The van der Waals surface area contributed by atoms with E-state index in [1.807, 2.05) is 17.8 Å². The summed E-state index contributed by atoms with van der Waals surface area (Å²) in [4.78, 5) is 1.32. The molecule has 0 aromatic heterocycles. The largest absolute Gasteiger partial charge is 0.310 e. The third-order valence-electron chi connectivity index (χ3n) is 2.68. The van der Waals surface area contributed by atoms with Gasteiger partial charge in [0.25, 0.3) is 0 Å². The molecule has 3 heteroatoms. The van der Waals surface area contributed by atoms with E-state index in [4.69, 9.17) is 11.6 Å². The molecule has 1 aromatic rings. The number of nitrogens with one attached hydrogen (secondary N) is 1. The fraction of sp³-hybridized carbons (Fsp3) is 0.600. The Morgan fingerprint density at radius 3 is 2.56 bits per heavy atom. The van der Waals surface area contributed by atoms with E-state index >= 15 is 0 Å². The molecule has 1 rings (SSSR count). The molecule has 1 aromatic carbocycles. The Labute approximate surface area is 121 Å². The first kappa shape index (κ1) is 15.9. The number of hydrogen-bond donors (Lipinski definition) is 1. The van der Waals surface area contributed by atoms with Gasteiger partial charge in [0.2, 0.25) is 0 Å². The molecule has 1 N–H and O–H groups in total. The van der Waals surface area contributed by atoms with Crippen LogP contribution in [0.25, 0.3) is 0 Å². The molecule has 0 saturated carbocycles. The molecule has 0 aliphatic carbocycles. The second kappa shape index (κ2) is 8.08. The van der Waals surface area contributed by atoms with Gasteiger partial charge in [-0.2, -0.15) is 0 Å². The zero-order valence-electron chi connectivity index (χ0n) is 11.8. The molecule has 0 radical (unpaired) electrons. The van der Waals surface area contributed by atoms with Crippen molar-refractivity contribution in [3.63, 3.8) is 0 Å². The Morgan fingerprint density at radius 1 is 1.22 bits per heavy atom. The summed E-state index contributed by atoms with van der Waals surface area (Å²) in [6.45, 7) is 9.78. The number of benzene rings is 1. The van der Waals surface area contributed by atoms with Crippen LogP contribution in [-0.2, 0) is 6.54 Å². The zero-order chi connectivity index (χ0) is 13.5. The van der Waals surface area contributed by atoms with Crippen molar-refractivity contribution in [3.05, 3.63) is 28.8 Å². The summed E-state index contributed by atoms with van der Waals surface area (Å²) in [6.07, 6.45) is 1.24. The highest BCUT2D eigenvalue weighted by molar-refractivity contribution is 7.99. The first-order valence-electron chi connectivity index (χ1n) is 6.63. The maximum atomic E-state index is 6.09. The highest BCUT2D eigenvalue weighted by Crippen LogP contribution is 2.27. The van der Waals surface area contributed by atoms with Crippen LogP contribution in [0, 0.1) is 5.92 Å². The number of rotatable bonds is 7. The fourth-order valence-corrected chi connectivity index (χ4v) is 3.11. The predicted octanol–water partition coefficient (Wildman–Crippen LogP) is 4.98. The SMILES string of the molecule is CC(C)CCSc1cc(Cl)ccc1CNC(C)C. The molecule has 18 heavy (non-hydrogen) atoms. The lowest BCUT2D eigenvalue weighted by Gasteiger charge is -2.13. The molecule has 102 valence electrons. The van der Waals surface area contributed by atoms with E-state index in [1.54, 1.807) is 0 Å². The Hall–Kier alpha value is -0.180. The van der Waals surface area contributed by atoms with Crippen molar-refractivity contribution in [3.8, 4) is 0 Å². The molecular weight excluding hydrogens is 262 g/mol. The van der Waals surface area contributed by atoms with Gasteiger partial charge in [0.15, 0.2) is 0 Å². The Balaban J connectivity index is 2.64. The van der Waals surface area contributed by atoms with E-state index in [1.165, 1.54) is 16.9 Å². The van der Waals surface area contributed by atoms with Crippen LogP contribution in [-0.4, -0.2) is 11.8 Å². The topological polar surface area (TPSA) is 12.0 Å². The van der Waals surface area contributed by atoms with Crippen LogP contribution >= 0.6 is 23.4 Å². The minimum Gasteiger partial charge on any atom is -0.310 e. The summed E-state index contributed by atoms with van der Waals surface area (Å²) >= 11 is 8.00. The summed E-state index contributed by atoms with van der Waals surface area (Å²) in [5.41, 5.74) is 1.35. The lowest BCUT2D eigenvalue weighted by atomic mass is 10.2. The highest BCUT2D eigenvalue weighted by Gasteiger charge is 2.05. The summed E-state index contributed by atoms with van der Waals surface area (Å²) in [6, 6.07) is 6.71. The van der Waals surface area contributed by atoms with Gasteiger partial charge in [0, 0.05) is 22.5 Å². The summed E-state index contributed by atoms with van der Waals surface area (Å²) in [5.74, 6) is 1.92. The normalized spacial score (nSPS) is 11.5. The molecule has 0 heterocycles. The molecule has 0 aliphatic heterocycles. The summed E-state index contributed by atoms with van der Waals surface area (Å²) < 4.78 is 0. The Morgan fingerprint density at radius 2 is 1.94 bits per heavy atom.